The fourth-order valence-electron chi connectivity index (χ4n) is 0.835. The quantitative estimate of drug-likeness (QED) is 0.309. The molecule has 0 aliphatic heterocycles. The highest BCUT2D eigenvalue weighted by Gasteiger charge is 2.00. The molecular formula is C8H11N3O2. The van der Waals surface area contributed by atoms with E-state index < -0.39 is 0 Å². The molecule has 0 aromatic carbocycles. The molecule has 0 radical (unpaired) electrons. The molecule has 0 atom stereocenters. The minimum absolute atomic E-state index is 0.0111. The Kier molecular flexibility index (Phi) is 3.08. The fraction of sp³-hybridized carbons (Fsp3) is 0.250. The molecule has 0 aliphatic rings. The van der Waals surface area contributed by atoms with E-state index in [1.54, 1.807) is 12.1 Å². The fourth-order valence-corrected chi connectivity index (χ4v) is 0.835. The maximum absolute atomic E-state index is 8.35. The van der Waals surface area contributed by atoms with Gasteiger partial charge in [0.15, 0.2) is 5.84 Å². The lowest BCUT2D eigenvalue weighted by Gasteiger charge is -2.02. The monoisotopic (exact) mass is 181 g/mol. The van der Waals surface area contributed by atoms with Crippen LogP contribution in [0.2, 0.25) is 0 Å². The van der Waals surface area contributed by atoms with Gasteiger partial charge >= 0.3 is 0 Å². The number of amidine groups is 1. The van der Waals surface area contributed by atoms with Crippen LogP contribution < -0.4 is 10.5 Å². The van der Waals surface area contributed by atoms with E-state index in [9.17, 15) is 0 Å². The van der Waals surface area contributed by atoms with Gasteiger partial charge in [-0.05, 0) is 19.1 Å². The van der Waals surface area contributed by atoms with Crippen molar-refractivity contribution in [3.05, 3.63) is 24.0 Å². The average molecular weight is 181 g/mol. The molecule has 0 saturated heterocycles. The van der Waals surface area contributed by atoms with Crippen LogP contribution in [-0.4, -0.2) is 22.6 Å². The van der Waals surface area contributed by atoms with Crippen LogP contribution in [0.5, 0.6) is 5.75 Å². The van der Waals surface area contributed by atoms with Gasteiger partial charge in [0, 0.05) is 0 Å². The molecule has 5 heteroatoms. The molecule has 1 heterocycles. The van der Waals surface area contributed by atoms with Gasteiger partial charge < -0.3 is 15.7 Å². The smallest absolute Gasteiger partial charge is 0.188 e. The molecule has 0 bridgehead atoms. The van der Waals surface area contributed by atoms with Gasteiger partial charge in [-0.1, -0.05) is 5.16 Å². The van der Waals surface area contributed by atoms with E-state index in [4.69, 9.17) is 15.7 Å². The summed E-state index contributed by atoms with van der Waals surface area (Å²) < 4.78 is 5.17. The van der Waals surface area contributed by atoms with Crippen LogP contribution in [0.15, 0.2) is 23.5 Å². The van der Waals surface area contributed by atoms with Crippen molar-refractivity contribution in [1.82, 2.24) is 4.98 Å². The van der Waals surface area contributed by atoms with Crippen LogP contribution in [0.1, 0.15) is 12.6 Å². The molecule has 1 aromatic heterocycles. The first-order valence-corrected chi connectivity index (χ1v) is 3.84. The molecule has 0 aliphatic carbocycles. The number of pyridine rings is 1. The Labute approximate surface area is 75.8 Å². The van der Waals surface area contributed by atoms with Gasteiger partial charge in [-0.15, -0.1) is 0 Å². The molecule has 0 spiro atoms. The average Bonchev–Trinajstić information content (AvgIpc) is 2.18. The molecule has 5 nitrogen and oxygen atoms in total. The first kappa shape index (κ1) is 9.31. The molecule has 0 amide bonds. The molecule has 1 aromatic rings. The highest BCUT2D eigenvalue weighted by Crippen LogP contribution is 2.08. The van der Waals surface area contributed by atoms with E-state index in [0.29, 0.717) is 18.1 Å². The van der Waals surface area contributed by atoms with E-state index in [0.717, 1.165) is 0 Å². The number of aromatic nitrogens is 1. The summed E-state index contributed by atoms with van der Waals surface area (Å²) in [5.74, 6) is 0.653. The summed E-state index contributed by atoms with van der Waals surface area (Å²) >= 11 is 0. The van der Waals surface area contributed by atoms with Crippen LogP contribution in [-0.2, 0) is 0 Å². The van der Waals surface area contributed by atoms with E-state index in [-0.39, 0.29) is 5.84 Å². The first-order chi connectivity index (χ1) is 6.27. The Balaban J connectivity index is 2.81. The molecule has 0 fully saturated rings. The summed E-state index contributed by atoms with van der Waals surface area (Å²) in [5.41, 5.74) is 5.74. The highest BCUT2D eigenvalue weighted by molar-refractivity contribution is 5.95. The predicted molar refractivity (Wildman–Crippen MR) is 47.9 cm³/mol. The topological polar surface area (TPSA) is 80.7 Å². The molecule has 13 heavy (non-hydrogen) atoms. The summed E-state index contributed by atoms with van der Waals surface area (Å²) in [6.07, 6.45) is 1.52. The zero-order chi connectivity index (χ0) is 9.68. The third kappa shape index (κ3) is 2.33. The lowest BCUT2D eigenvalue weighted by atomic mass is 10.3. The number of ether oxygens (including phenoxy) is 1. The Morgan fingerprint density at radius 3 is 2.92 bits per heavy atom. The van der Waals surface area contributed by atoms with Gasteiger partial charge in [0.25, 0.3) is 0 Å². The second-order valence-electron chi connectivity index (χ2n) is 2.30. The Morgan fingerprint density at radius 2 is 2.46 bits per heavy atom. The minimum Gasteiger partial charge on any atom is -0.492 e. The Hall–Kier alpha value is -1.78. The van der Waals surface area contributed by atoms with Crippen LogP contribution in [0.3, 0.4) is 0 Å². The van der Waals surface area contributed by atoms with Crippen LogP contribution >= 0.6 is 0 Å². The second-order valence-corrected chi connectivity index (χ2v) is 2.30. The zero-order valence-corrected chi connectivity index (χ0v) is 7.27. The molecule has 70 valence electrons. The molecule has 0 saturated carbocycles. The van der Waals surface area contributed by atoms with Crippen molar-refractivity contribution in [3.63, 3.8) is 0 Å². The van der Waals surface area contributed by atoms with Crippen molar-refractivity contribution in [2.24, 2.45) is 10.9 Å². The molecular weight excluding hydrogens is 170 g/mol. The van der Waals surface area contributed by atoms with Crippen molar-refractivity contribution in [2.45, 2.75) is 6.92 Å². The van der Waals surface area contributed by atoms with E-state index >= 15 is 0 Å². The summed E-state index contributed by atoms with van der Waals surface area (Å²) in [5, 5.41) is 11.2. The summed E-state index contributed by atoms with van der Waals surface area (Å²) in [6, 6.07) is 3.34. The van der Waals surface area contributed by atoms with Crippen molar-refractivity contribution in [3.8, 4) is 5.75 Å². The summed E-state index contributed by atoms with van der Waals surface area (Å²) in [6.45, 7) is 2.47. The first-order valence-electron chi connectivity index (χ1n) is 3.84. The normalized spacial score (nSPS) is 11.3. The number of nitrogens with two attached hydrogens (primary N) is 1. The van der Waals surface area contributed by atoms with Gasteiger partial charge in [-0.25, -0.2) is 4.98 Å². The summed E-state index contributed by atoms with van der Waals surface area (Å²) in [4.78, 5) is 3.93. The SMILES string of the molecule is CCOc1ccc(/C(N)=N\O)nc1. The third-order valence-corrected chi connectivity index (χ3v) is 1.42. The Morgan fingerprint density at radius 1 is 1.69 bits per heavy atom. The minimum atomic E-state index is -0.0111. The Bertz CT molecular complexity index is 295. The highest BCUT2D eigenvalue weighted by atomic mass is 16.5. The van der Waals surface area contributed by atoms with Crippen LogP contribution in [0.4, 0.5) is 0 Å². The van der Waals surface area contributed by atoms with E-state index in [1.165, 1.54) is 6.20 Å². The van der Waals surface area contributed by atoms with Crippen molar-refractivity contribution in [2.75, 3.05) is 6.61 Å². The summed E-state index contributed by atoms with van der Waals surface area (Å²) in [7, 11) is 0. The van der Waals surface area contributed by atoms with Crippen LogP contribution in [0.25, 0.3) is 0 Å². The van der Waals surface area contributed by atoms with Gasteiger partial charge in [0.2, 0.25) is 0 Å². The van der Waals surface area contributed by atoms with Crippen LogP contribution in [0, 0.1) is 0 Å². The van der Waals surface area contributed by atoms with E-state index in [1.807, 2.05) is 6.92 Å². The zero-order valence-electron chi connectivity index (χ0n) is 7.27. The standard InChI is InChI=1S/C8H11N3O2/c1-2-13-6-3-4-7(10-5-6)8(9)11-12/h3-5,12H,2H2,1H3,(H2,9,11). The third-order valence-electron chi connectivity index (χ3n) is 1.42. The van der Waals surface area contributed by atoms with Gasteiger partial charge in [0.05, 0.1) is 12.8 Å². The lowest BCUT2D eigenvalue weighted by Crippen LogP contribution is -2.14. The van der Waals surface area contributed by atoms with Crippen molar-refractivity contribution < 1.29 is 9.94 Å². The number of hydrogen-bond acceptors (Lipinski definition) is 4. The molecule has 0 unspecified atom stereocenters. The lowest BCUT2D eigenvalue weighted by molar-refractivity contribution is 0.318. The second kappa shape index (κ2) is 4.30. The predicted octanol–water partition coefficient (Wildman–Crippen LogP) is 0.575. The number of nitrogens with zero attached hydrogens (tertiary/aromatic N) is 2. The molecule has 1 rings (SSSR count). The van der Waals surface area contributed by atoms with Gasteiger partial charge in [-0.2, -0.15) is 0 Å². The largest absolute Gasteiger partial charge is 0.492 e. The van der Waals surface area contributed by atoms with Gasteiger partial charge in [0.1, 0.15) is 11.4 Å². The van der Waals surface area contributed by atoms with Crippen molar-refractivity contribution in [1.29, 1.82) is 0 Å². The number of oxime groups is 1. The van der Waals surface area contributed by atoms with Gasteiger partial charge in [-0.3, -0.25) is 0 Å². The number of hydrogen-bond donors (Lipinski definition) is 2. The number of rotatable bonds is 3. The van der Waals surface area contributed by atoms with Crippen molar-refractivity contribution >= 4 is 5.84 Å². The van der Waals surface area contributed by atoms with E-state index in [2.05, 4.69) is 10.1 Å². The maximum Gasteiger partial charge on any atom is 0.188 e. The maximum atomic E-state index is 8.35. The molecule has 3 N–H and O–H groups in total.